The van der Waals surface area contributed by atoms with Crippen LogP contribution in [0.4, 0.5) is 4.70 Å². The quantitative estimate of drug-likeness (QED) is 0.334. The van der Waals surface area contributed by atoms with E-state index in [2.05, 4.69) is 0 Å². The summed E-state index contributed by atoms with van der Waals surface area (Å²) in [6.45, 7) is 0. The van der Waals surface area contributed by atoms with Crippen LogP contribution in [0.5, 0.6) is 0 Å². The summed E-state index contributed by atoms with van der Waals surface area (Å²) in [5, 5.41) is 0. The summed E-state index contributed by atoms with van der Waals surface area (Å²) in [5.41, 5.74) is 0. The summed E-state index contributed by atoms with van der Waals surface area (Å²) in [4.78, 5) is 0. The molecule has 15 valence electrons. The molecule has 0 rings (SSSR count). The van der Waals surface area contributed by atoms with Crippen LogP contribution in [0, 0.1) is 0 Å². The smallest absolute Gasteiger partial charge is 0 e. The van der Waals surface area contributed by atoms with Crippen LogP contribution < -0.4 is 0 Å². The van der Waals surface area contributed by atoms with E-state index in [1.807, 2.05) is 0 Å². The summed E-state index contributed by atoms with van der Waals surface area (Å²) >= 11 is 0. The third-order valence-corrected chi connectivity index (χ3v) is 0. The van der Waals surface area contributed by atoms with E-state index < -0.39 is 0 Å². The minimum Gasteiger partial charge on any atom is -0.269 e. The van der Waals surface area contributed by atoms with Crippen molar-refractivity contribution >= 4 is 124 Å². The third kappa shape index (κ3) is 24.4. The fourth-order valence-electron chi connectivity index (χ4n) is 0. The fraction of sp³-hybridized carbons (Fsp3) is 0. The Morgan fingerprint density at radius 2 is 0.667 bits per heavy atom. The molecule has 0 heterocycles. The monoisotopic (exact) mass is 121 g/mol. The summed E-state index contributed by atoms with van der Waals surface area (Å²) < 4.78 is 0. The van der Waals surface area contributed by atoms with Crippen LogP contribution in [-0.2, 0) is 0 Å². The van der Waals surface area contributed by atoms with Gasteiger partial charge in [0.25, 0.3) is 0 Å². The number of hydrogen-bond donors (Lipinski definition) is 0. The molecule has 0 aliphatic rings. The molecule has 0 aromatic rings. The van der Waals surface area contributed by atoms with Gasteiger partial charge in [0.05, 0.1) is 0 Å². The van der Waals surface area contributed by atoms with Crippen molar-refractivity contribution in [3.63, 3.8) is 0 Å². The van der Waals surface area contributed by atoms with Crippen molar-refractivity contribution < 1.29 is 4.70 Å². The third-order valence-electron chi connectivity index (χ3n) is 0. The standard InChI is InChI=1S/FH.Li.2Mg.2Na/h1H;;;;;. The SMILES string of the molecule is F.[Li].[Mg].[Mg].[Na].[Na]. The van der Waals surface area contributed by atoms with E-state index in [0.29, 0.717) is 0 Å². The Morgan fingerprint density at radius 1 is 0.667 bits per heavy atom. The Hall–Kier alpha value is 4.06. The molecular formula is HFLiMg2Na2. The summed E-state index contributed by atoms with van der Waals surface area (Å²) in [6.07, 6.45) is 0. The molecule has 0 saturated carbocycles. The van der Waals surface area contributed by atoms with Crippen LogP contribution in [0.3, 0.4) is 0 Å². The maximum atomic E-state index is 0. The van der Waals surface area contributed by atoms with Crippen LogP contribution in [0.15, 0.2) is 0 Å². The van der Waals surface area contributed by atoms with Crippen molar-refractivity contribution in [2.24, 2.45) is 0 Å². The molecule has 0 aliphatic heterocycles. The van der Waals surface area contributed by atoms with Crippen LogP contribution in [0.2, 0.25) is 0 Å². The first kappa shape index (κ1) is 50.1. The molecule has 0 aliphatic carbocycles. The van der Waals surface area contributed by atoms with E-state index in [4.69, 9.17) is 0 Å². The first-order valence-corrected chi connectivity index (χ1v) is 0. The van der Waals surface area contributed by atoms with E-state index in [9.17, 15) is 0 Å². The minimum atomic E-state index is 0. The molecule has 0 unspecified atom stereocenters. The molecular weight excluding hydrogens is 121 g/mol. The van der Waals surface area contributed by atoms with Crippen molar-refractivity contribution in [1.82, 2.24) is 0 Å². The molecule has 0 aromatic heterocycles. The molecule has 0 atom stereocenters. The zero-order valence-corrected chi connectivity index (χ0v) is 11.7. The first-order chi connectivity index (χ1) is 0. The summed E-state index contributed by atoms with van der Waals surface area (Å²) in [7, 11) is 0. The Bertz CT molecular complexity index is 11.5. The molecule has 0 saturated heterocycles. The second kappa shape index (κ2) is 35.7. The van der Waals surface area contributed by atoms with E-state index >= 15 is 0 Å². The van der Waals surface area contributed by atoms with Crippen molar-refractivity contribution in [3.8, 4) is 0 Å². The first-order valence-electron chi connectivity index (χ1n) is 0. The van der Waals surface area contributed by atoms with Gasteiger partial charge in [-0.05, 0) is 0 Å². The van der Waals surface area contributed by atoms with Gasteiger partial charge in [0.1, 0.15) is 0 Å². The van der Waals surface area contributed by atoms with Crippen LogP contribution in [0.1, 0.15) is 0 Å². The van der Waals surface area contributed by atoms with Gasteiger partial charge < -0.3 is 0 Å². The van der Waals surface area contributed by atoms with Gasteiger partial charge >= 0.3 is 0 Å². The zero-order valence-electron chi connectivity index (χ0n) is 4.82. The molecule has 0 spiro atoms. The molecule has 0 aromatic carbocycles. The average molecular weight is 122 g/mol. The molecule has 6 heteroatoms. The zero-order chi connectivity index (χ0) is 0. The fourth-order valence-corrected chi connectivity index (χ4v) is 0. The van der Waals surface area contributed by atoms with E-state index in [1.54, 1.807) is 0 Å². The van der Waals surface area contributed by atoms with Gasteiger partial charge in [0.15, 0.2) is 0 Å². The van der Waals surface area contributed by atoms with Crippen LogP contribution in [-0.4, -0.2) is 124 Å². The van der Waals surface area contributed by atoms with Crippen LogP contribution in [0.25, 0.3) is 0 Å². The van der Waals surface area contributed by atoms with E-state index in [1.165, 1.54) is 0 Å². The molecule has 0 nitrogen and oxygen atoms in total. The molecule has 0 amide bonds. The number of hydrogen-bond acceptors (Lipinski definition) is 0. The van der Waals surface area contributed by atoms with Gasteiger partial charge in [0, 0.05) is 124 Å². The number of halogens is 1. The van der Waals surface area contributed by atoms with Crippen LogP contribution >= 0.6 is 0 Å². The Morgan fingerprint density at radius 3 is 0.667 bits per heavy atom. The maximum Gasteiger partial charge on any atom is 0 e. The van der Waals surface area contributed by atoms with Gasteiger partial charge in [-0.2, -0.15) is 0 Å². The number of rotatable bonds is 0. The second-order valence-electron chi connectivity index (χ2n) is 0. The minimum absolute atomic E-state index is 0. The summed E-state index contributed by atoms with van der Waals surface area (Å²) in [6, 6.07) is 0. The van der Waals surface area contributed by atoms with E-state index in [0.717, 1.165) is 0 Å². The van der Waals surface area contributed by atoms with Gasteiger partial charge in [-0.1, -0.05) is 0 Å². The molecule has 7 radical (unpaired) electrons. The molecule has 0 fully saturated rings. The normalized spacial score (nSPS) is 0. The molecule has 6 heavy (non-hydrogen) atoms. The molecule has 0 bridgehead atoms. The van der Waals surface area contributed by atoms with Gasteiger partial charge in [-0.25, -0.2) is 0 Å². The average Bonchev–Trinajstić information content (AvgIpc) is 0. The van der Waals surface area contributed by atoms with Crippen molar-refractivity contribution in [2.45, 2.75) is 0 Å². The predicted octanol–water partition coefficient (Wildman–Crippen LogP) is -1.75. The van der Waals surface area contributed by atoms with E-state index in [-0.39, 0.29) is 129 Å². The van der Waals surface area contributed by atoms with Crippen molar-refractivity contribution in [2.75, 3.05) is 0 Å². The predicted molar refractivity (Wildman–Crippen MR) is 31.3 cm³/mol. The summed E-state index contributed by atoms with van der Waals surface area (Å²) in [5.74, 6) is 0. The van der Waals surface area contributed by atoms with Crippen molar-refractivity contribution in [1.29, 1.82) is 0 Å². The van der Waals surface area contributed by atoms with Gasteiger partial charge in [-0.15, -0.1) is 0 Å². The van der Waals surface area contributed by atoms with Crippen molar-refractivity contribution in [3.05, 3.63) is 0 Å². The van der Waals surface area contributed by atoms with Gasteiger partial charge in [-0.3, -0.25) is 4.70 Å². The Kier molecular flexibility index (Phi) is 298. The largest absolute Gasteiger partial charge is 0.269 e. The second-order valence-corrected chi connectivity index (χ2v) is 0. The maximum absolute atomic E-state index is 0. The van der Waals surface area contributed by atoms with Gasteiger partial charge in [0.2, 0.25) is 0 Å². The molecule has 0 N–H and O–H groups in total. The Labute approximate surface area is 126 Å². The Balaban J connectivity index is 0. The topological polar surface area (TPSA) is 0 Å².